The van der Waals surface area contributed by atoms with E-state index in [0.29, 0.717) is 0 Å². The Hall–Kier alpha value is 1.38. The molecule has 4 heteroatoms. The van der Waals surface area contributed by atoms with Crippen molar-refractivity contribution in [1.82, 2.24) is 6.23 Å². The summed E-state index contributed by atoms with van der Waals surface area (Å²) >= 11 is 4.60. The molecule has 0 heterocycles. The fourth-order valence-electron chi connectivity index (χ4n) is 0.506. The summed E-state index contributed by atoms with van der Waals surface area (Å²) in [6, 6.07) is 0. The van der Waals surface area contributed by atoms with Crippen LogP contribution < -0.4 is 0 Å². The molecule has 9 heavy (non-hydrogen) atoms. The van der Waals surface area contributed by atoms with Crippen LogP contribution in [0, 0.1) is 0 Å². The molecule has 2 nitrogen and oxygen atoms in total. The minimum absolute atomic E-state index is 1.17. The van der Waals surface area contributed by atoms with Crippen LogP contribution >= 0.6 is 45.7 Å². The van der Waals surface area contributed by atoms with Gasteiger partial charge >= 0.3 is 0 Å². The molecule has 0 aliphatic heterocycles. The maximum atomic E-state index is 2.30. The second-order valence-electron chi connectivity index (χ2n) is 2.01. The third-order valence-electron chi connectivity index (χ3n) is 0.932. The van der Waals surface area contributed by atoms with Crippen LogP contribution in [0.4, 0.5) is 0 Å². The zero-order valence-electron chi connectivity index (χ0n) is 5.77. The fraction of sp³-hybridized carbons (Fsp3) is 1.00. The number of nitrogens with zero attached hydrogens (tertiary/aromatic N) is 2. The Bertz CT molecular complexity index is 58.0. The van der Waals surface area contributed by atoms with E-state index in [1.165, 1.54) is 19.5 Å². The average Bonchev–Trinajstić information content (AvgIpc) is 1.63. The standard InChI is InChI=1S/C5H12I2N2/c1-8(6)4-3-5-9(2)7/h3-5H2,1-2H3. The molecule has 0 bridgehead atoms. The van der Waals surface area contributed by atoms with Gasteiger partial charge in [0, 0.05) is 58.8 Å². The monoisotopic (exact) mass is 354 g/mol. The lowest BCUT2D eigenvalue weighted by atomic mass is 10.4. The van der Waals surface area contributed by atoms with Crippen molar-refractivity contribution in [3.63, 3.8) is 0 Å². The van der Waals surface area contributed by atoms with Crippen molar-refractivity contribution in [2.45, 2.75) is 6.42 Å². The van der Waals surface area contributed by atoms with Crippen molar-refractivity contribution in [2.24, 2.45) is 0 Å². The molecule has 0 aromatic heterocycles. The number of hydrogen-bond donors (Lipinski definition) is 0. The van der Waals surface area contributed by atoms with Gasteiger partial charge in [0.2, 0.25) is 0 Å². The molecule has 0 aliphatic carbocycles. The van der Waals surface area contributed by atoms with E-state index < -0.39 is 0 Å². The molecule has 0 atom stereocenters. The number of hydrogen-bond acceptors (Lipinski definition) is 2. The van der Waals surface area contributed by atoms with Crippen LogP contribution in [0.5, 0.6) is 0 Å². The minimum atomic E-state index is 1.17. The molecule has 0 aliphatic rings. The summed E-state index contributed by atoms with van der Waals surface area (Å²) in [5, 5.41) is 0. The third kappa shape index (κ3) is 9.38. The second-order valence-corrected chi connectivity index (χ2v) is 5.30. The molecule has 0 amide bonds. The van der Waals surface area contributed by atoms with Gasteiger partial charge in [-0.05, 0) is 20.5 Å². The summed E-state index contributed by atoms with van der Waals surface area (Å²) in [4.78, 5) is 0. The third-order valence-corrected chi connectivity index (χ3v) is 1.90. The first-order chi connectivity index (χ1) is 4.13. The highest BCUT2D eigenvalue weighted by Gasteiger charge is 1.93. The maximum Gasteiger partial charge on any atom is 0.0198 e. The molecule has 0 radical (unpaired) electrons. The zero-order valence-corrected chi connectivity index (χ0v) is 10.1. The van der Waals surface area contributed by atoms with Crippen molar-refractivity contribution in [2.75, 3.05) is 27.2 Å². The predicted octanol–water partition coefficient (Wildman–Crippen LogP) is 1.94. The Morgan fingerprint density at radius 1 is 1.00 bits per heavy atom. The smallest absolute Gasteiger partial charge is 0.0198 e. The van der Waals surface area contributed by atoms with Crippen LogP contribution in [0.25, 0.3) is 0 Å². The summed E-state index contributed by atoms with van der Waals surface area (Å²) in [6.07, 6.45) is 1.25. The normalized spacial score (nSPS) is 11.3. The molecule has 56 valence electrons. The lowest BCUT2D eigenvalue weighted by molar-refractivity contribution is 0.512. The van der Waals surface area contributed by atoms with Gasteiger partial charge in [0.1, 0.15) is 0 Å². The van der Waals surface area contributed by atoms with Gasteiger partial charge in [0.25, 0.3) is 0 Å². The van der Waals surface area contributed by atoms with Gasteiger partial charge in [-0.2, -0.15) is 0 Å². The summed E-state index contributed by atoms with van der Waals surface area (Å²) in [5.41, 5.74) is 0. The molecule has 0 aromatic carbocycles. The molecular formula is C5H12I2N2. The molecule has 0 N–H and O–H groups in total. The predicted molar refractivity (Wildman–Crippen MR) is 57.9 cm³/mol. The highest BCUT2D eigenvalue weighted by atomic mass is 127. The Balaban J connectivity index is 2.91. The second kappa shape index (κ2) is 6.11. The van der Waals surface area contributed by atoms with Gasteiger partial charge in [-0.1, -0.05) is 0 Å². The van der Waals surface area contributed by atoms with E-state index in [4.69, 9.17) is 0 Å². The molecule has 0 unspecified atom stereocenters. The SMILES string of the molecule is CN(I)CCCN(C)I. The van der Waals surface area contributed by atoms with Crippen LogP contribution in [0.3, 0.4) is 0 Å². The van der Waals surface area contributed by atoms with Gasteiger partial charge < -0.3 is 0 Å². The zero-order chi connectivity index (χ0) is 7.28. The lowest BCUT2D eigenvalue weighted by Gasteiger charge is -2.09. The Labute approximate surface area is 85.0 Å². The molecule has 0 aromatic rings. The Morgan fingerprint density at radius 3 is 1.56 bits per heavy atom. The Kier molecular flexibility index (Phi) is 7.05. The lowest BCUT2D eigenvalue weighted by Crippen LogP contribution is -2.13. The van der Waals surface area contributed by atoms with Crippen molar-refractivity contribution < 1.29 is 0 Å². The highest BCUT2D eigenvalue weighted by molar-refractivity contribution is 14.1. The minimum Gasteiger partial charge on any atom is -0.251 e. The van der Waals surface area contributed by atoms with E-state index in [9.17, 15) is 0 Å². The first kappa shape index (κ1) is 10.4. The van der Waals surface area contributed by atoms with E-state index in [0.717, 1.165) is 0 Å². The van der Waals surface area contributed by atoms with Gasteiger partial charge in [0.15, 0.2) is 0 Å². The van der Waals surface area contributed by atoms with Crippen molar-refractivity contribution >= 4 is 45.7 Å². The summed E-state index contributed by atoms with van der Waals surface area (Å²) in [5.74, 6) is 0. The molecule has 0 saturated carbocycles. The summed E-state index contributed by atoms with van der Waals surface area (Å²) < 4.78 is 4.36. The summed E-state index contributed by atoms with van der Waals surface area (Å²) in [7, 11) is 4.18. The van der Waals surface area contributed by atoms with Crippen LogP contribution in [0.15, 0.2) is 0 Å². The first-order valence-electron chi connectivity index (χ1n) is 2.86. The molecular weight excluding hydrogens is 342 g/mol. The molecule has 0 spiro atoms. The van der Waals surface area contributed by atoms with E-state index in [1.807, 2.05) is 0 Å². The quantitative estimate of drug-likeness (QED) is 0.563. The van der Waals surface area contributed by atoms with Crippen LogP contribution in [0.2, 0.25) is 0 Å². The maximum absolute atomic E-state index is 2.30. The van der Waals surface area contributed by atoms with E-state index in [1.54, 1.807) is 0 Å². The molecule has 0 fully saturated rings. The Morgan fingerprint density at radius 2 is 1.33 bits per heavy atom. The fourth-order valence-corrected chi connectivity index (χ4v) is 1.19. The van der Waals surface area contributed by atoms with E-state index in [2.05, 4.69) is 66.1 Å². The van der Waals surface area contributed by atoms with Crippen molar-refractivity contribution in [3.8, 4) is 0 Å². The van der Waals surface area contributed by atoms with Crippen LogP contribution in [0.1, 0.15) is 6.42 Å². The number of halogens is 2. The van der Waals surface area contributed by atoms with Crippen LogP contribution in [-0.2, 0) is 0 Å². The van der Waals surface area contributed by atoms with Gasteiger partial charge in [-0.15, -0.1) is 0 Å². The van der Waals surface area contributed by atoms with Crippen molar-refractivity contribution in [3.05, 3.63) is 0 Å². The van der Waals surface area contributed by atoms with Crippen LogP contribution in [-0.4, -0.2) is 33.4 Å². The topological polar surface area (TPSA) is 6.48 Å². The first-order valence-corrected chi connectivity index (χ1v) is 4.79. The van der Waals surface area contributed by atoms with E-state index >= 15 is 0 Å². The largest absolute Gasteiger partial charge is 0.251 e. The van der Waals surface area contributed by atoms with Crippen molar-refractivity contribution in [1.29, 1.82) is 0 Å². The molecule has 0 rings (SSSR count). The van der Waals surface area contributed by atoms with E-state index in [-0.39, 0.29) is 0 Å². The van der Waals surface area contributed by atoms with Gasteiger partial charge in [-0.3, -0.25) is 6.23 Å². The van der Waals surface area contributed by atoms with Gasteiger partial charge in [-0.25, -0.2) is 0 Å². The average molecular weight is 354 g/mol. The highest BCUT2D eigenvalue weighted by Crippen LogP contribution is 1.98. The summed E-state index contributed by atoms with van der Waals surface area (Å²) in [6.45, 7) is 2.35. The molecule has 0 saturated heterocycles. The number of rotatable bonds is 4. The van der Waals surface area contributed by atoms with Gasteiger partial charge in [0.05, 0.1) is 0 Å².